The average molecular weight is 348 g/mol. The van der Waals surface area contributed by atoms with Crippen LogP contribution < -0.4 is 11.1 Å². The van der Waals surface area contributed by atoms with E-state index in [1.165, 1.54) is 24.7 Å². The molecule has 0 aromatic heterocycles. The zero-order chi connectivity index (χ0) is 18.0. The zero-order valence-corrected chi connectivity index (χ0v) is 14.2. The smallest absolute Gasteiger partial charge is 0.378 e. The number of hydrogen-bond acceptors (Lipinski definition) is 2. The van der Waals surface area contributed by atoms with Crippen molar-refractivity contribution >= 4 is 5.69 Å². The zero-order valence-electron chi connectivity index (χ0n) is 14.2. The van der Waals surface area contributed by atoms with E-state index in [-0.39, 0.29) is 12.0 Å². The first-order valence-electron chi connectivity index (χ1n) is 8.64. The number of nitrogens with two attached hydrogens (primary N) is 1. The van der Waals surface area contributed by atoms with Crippen LogP contribution in [0.15, 0.2) is 48.5 Å². The van der Waals surface area contributed by atoms with E-state index < -0.39 is 11.7 Å². The van der Waals surface area contributed by atoms with Gasteiger partial charge in [0.15, 0.2) is 0 Å². The maximum atomic E-state index is 13.0. The lowest BCUT2D eigenvalue weighted by atomic mass is 9.77. The molecule has 3 atom stereocenters. The van der Waals surface area contributed by atoms with Crippen LogP contribution in [0.3, 0.4) is 0 Å². The molecule has 1 aliphatic heterocycles. The molecule has 0 radical (unpaired) electrons. The second-order valence-electron chi connectivity index (χ2n) is 6.53. The van der Waals surface area contributed by atoms with Gasteiger partial charge in [0.2, 0.25) is 0 Å². The summed E-state index contributed by atoms with van der Waals surface area (Å²) in [5, 5.41) is 3.50. The number of halogens is 3. The summed E-state index contributed by atoms with van der Waals surface area (Å²) in [5.41, 5.74) is 6.88. The number of hydrogen-bond donors (Lipinski definition) is 2. The van der Waals surface area contributed by atoms with Crippen molar-refractivity contribution in [2.24, 2.45) is 11.7 Å². The van der Waals surface area contributed by atoms with E-state index in [1.807, 2.05) is 18.2 Å². The van der Waals surface area contributed by atoms with E-state index in [1.54, 1.807) is 6.07 Å². The van der Waals surface area contributed by atoms with Gasteiger partial charge in [-0.15, -0.1) is 0 Å². The van der Waals surface area contributed by atoms with Crippen LogP contribution in [0.5, 0.6) is 0 Å². The van der Waals surface area contributed by atoms with Crippen LogP contribution in [-0.4, -0.2) is 7.05 Å². The van der Waals surface area contributed by atoms with Gasteiger partial charge in [-0.1, -0.05) is 36.8 Å². The van der Waals surface area contributed by atoms with Crippen molar-refractivity contribution in [2.75, 3.05) is 12.4 Å². The van der Waals surface area contributed by atoms with Crippen molar-refractivity contribution in [3.63, 3.8) is 0 Å². The van der Waals surface area contributed by atoms with Gasteiger partial charge in [0.25, 0.3) is 0 Å². The number of fused-ring (bicyclic) bond motifs is 3. The Balaban J connectivity index is 0.000000880. The molecule has 1 heterocycles. The Bertz CT molecular complexity index is 713. The summed E-state index contributed by atoms with van der Waals surface area (Å²) < 4.78 is 39.1. The van der Waals surface area contributed by atoms with Crippen molar-refractivity contribution in [3.8, 4) is 0 Å². The topological polar surface area (TPSA) is 38.0 Å². The first-order chi connectivity index (χ1) is 12.0. The van der Waals surface area contributed by atoms with E-state index in [4.69, 9.17) is 0 Å². The van der Waals surface area contributed by atoms with Gasteiger partial charge in [0.1, 0.15) is 0 Å². The fraction of sp³-hybridized carbons (Fsp3) is 0.400. The highest BCUT2D eigenvalue weighted by atomic mass is 19.4. The first-order valence-corrected chi connectivity index (χ1v) is 8.64. The molecule has 0 bridgehead atoms. The lowest BCUT2D eigenvalue weighted by Gasteiger charge is -2.38. The van der Waals surface area contributed by atoms with Gasteiger partial charge in [-0.2, -0.15) is 13.2 Å². The normalized spacial score (nSPS) is 24.4. The van der Waals surface area contributed by atoms with E-state index >= 15 is 0 Å². The van der Waals surface area contributed by atoms with Gasteiger partial charge in [-0.25, -0.2) is 0 Å². The highest BCUT2D eigenvalue weighted by Gasteiger charge is 2.41. The standard InChI is InChI=1S/C19H18F3N.CH5N/c20-19(21,22)13-9-10-17-16(11-13)14-7-4-8-15(14)18(23-17)12-5-2-1-3-6-12;1-2/h1-3,5-6,9-11,14-15,18,23H,4,7-8H2;2H2,1H3/t14?,15-,18+;/m1./s1. The largest absolute Gasteiger partial charge is 0.416 e. The van der Waals surface area contributed by atoms with Gasteiger partial charge in [0.05, 0.1) is 11.6 Å². The van der Waals surface area contributed by atoms with Gasteiger partial charge in [0, 0.05) is 5.69 Å². The molecule has 25 heavy (non-hydrogen) atoms. The predicted molar refractivity (Wildman–Crippen MR) is 94.4 cm³/mol. The Labute approximate surface area is 146 Å². The maximum absolute atomic E-state index is 13.0. The fourth-order valence-electron chi connectivity index (χ4n) is 4.22. The van der Waals surface area contributed by atoms with Crippen LogP contribution in [0.1, 0.15) is 47.9 Å². The third-order valence-corrected chi connectivity index (χ3v) is 5.25. The molecular weight excluding hydrogens is 325 g/mol. The number of anilines is 1. The number of rotatable bonds is 1. The summed E-state index contributed by atoms with van der Waals surface area (Å²) in [7, 11) is 1.50. The minimum atomic E-state index is -4.28. The lowest BCUT2D eigenvalue weighted by molar-refractivity contribution is -0.137. The molecule has 134 valence electrons. The molecule has 1 saturated carbocycles. The summed E-state index contributed by atoms with van der Waals surface area (Å²) in [6, 6.07) is 14.5. The fourth-order valence-corrected chi connectivity index (χ4v) is 4.22. The van der Waals surface area contributed by atoms with E-state index in [0.717, 1.165) is 30.5 Å². The summed E-state index contributed by atoms with van der Waals surface area (Å²) in [4.78, 5) is 0. The minimum absolute atomic E-state index is 0.188. The van der Waals surface area contributed by atoms with Gasteiger partial charge >= 0.3 is 6.18 Å². The molecule has 0 spiro atoms. The van der Waals surface area contributed by atoms with E-state index in [9.17, 15) is 13.2 Å². The minimum Gasteiger partial charge on any atom is -0.378 e. The summed E-state index contributed by atoms with van der Waals surface area (Å²) in [6.07, 6.45) is -1.16. The first kappa shape index (κ1) is 17.8. The predicted octanol–water partition coefficient (Wildman–Crippen LogP) is 5.33. The summed E-state index contributed by atoms with van der Waals surface area (Å²) in [5.74, 6) is 0.590. The molecule has 1 aliphatic carbocycles. The molecule has 1 unspecified atom stereocenters. The Morgan fingerprint density at radius 2 is 1.72 bits per heavy atom. The Hall–Kier alpha value is -2.01. The molecule has 1 fully saturated rings. The third-order valence-electron chi connectivity index (χ3n) is 5.25. The third kappa shape index (κ3) is 3.38. The van der Waals surface area contributed by atoms with Gasteiger partial charge in [-0.05, 0) is 61.1 Å². The molecule has 2 aromatic carbocycles. The highest BCUT2D eigenvalue weighted by molar-refractivity contribution is 5.59. The number of alkyl halides is 3. The SMILES string of the molecule is CN.FC(F)(F)c1ccc2c(c1)C1CCC[C@H]1[C@H](c1ccccc1)N2. The molecule has 2 aromatic rings. The van der Waals surface area contributed by atoms with Crippen LogP contribution in [0.4, 0.5) is 18.9 Å². The average Bonchev–Trinajstić information content (AvgIpc) is 3.12. The van der Waals surface area contributed by atoms with Crippen molar-refractivity contribution < 1.29 is 13.2 Å². The maximum Gasteiger partial charge on any atom is 0.416 e. The molecule has 0 saturated heterocycles. The molecule has 2 aliphatic rings. The van der Waals surface area contributed by atoms with Crippen molar-refractivity contribution in [1.82, 2.24) is 0 Å². The van der Waals surface area contributed by atoms with Crippen molar-refractivity contribution in [3.05, 3.63) is 65.2 Å². The van der Waals surface area contributed by atoms with Crippen LogP contribution >= 0.6 is 0 Å². The van der Waals surface area contributed by atoms with Crippen LogP contribution in [0, 0.1) is 5.92 Å². The van der Waals surface area contributed by atoms with Crippen LogP contribution in [0.2, 0.25) is 0 Å². The molecular formula is C20H23F3N2. The Kier molecular flexibility index (Phi) is 5.04. The Morgan fingerprint density at radius 1 is 1.00 bits per heavy atom. The molecule has 3 N–H and O–H groups in total. The summed E-state index contributed by atoms with van der Waals surface area (Å²) >= 11 is 0. The monoisotopic (exact) mass is 348 g/mol. The second kappa shape index (κ2) is 7.08. The van der Waals surface area contributed by atoms with E-state index in [0.29, 0.717) is 5.92 Å². The highest BCUT2D eigenvalue weighted by Crippen LogP contribution is 2.53. The molecule has 0 amide bonds. The second-order valence-corrected chi connectivity index (χ2v) is 6.53. The van der Waals surface area contributed by atoms with Gasteiger partial charge in [-0.3, -0.25) is 0 Å². The van der Waals surface area contributed by atoms with Crippen LogP contribution in [0.25, 0.3) is 0 Å². The van der Waals surface area contributed by atoms with E-state index in [2.05, 4.69) is 23.2 Å². The Morgan fingerprint density at radius 3 is 2.40 bits per heavy atom. The van der Waals surface area contributed by atoms with Gasteiger partial charge < -0.3 is 11.1 Å². The van der Waals surface area contributed by atoms with Crippen molar-refractivity contribution in [1.29, 1.82) is 0 Å². The van der Waals surface area contributed by atoms with Crippen LogP contribution in [-0.2, 0) is 6.18 Å². The number of nitrogens with one attached hydrogen (secondary N) is 1. The lowest BCUT2D eigenvalue weighted by Crippen LogP contribution is -2.29. The van der Waals surface area contributed by atoms with Crippen molar-refractivity contribution in [2.45, 2.75) is 37.4 Å². The molecule has 4 rings (SSSR count). The molecule has 2 nitrogen and oxygen atoms in total. The quantitative estimate of drug-likeness (QED) is 0.731. The molecule has 5 heteroatoms. The number of benzene rings is 2. The summed E-state index contributed by atoms with van der Waals surface area (Å²) in [6.45, 7) is 0.